The van der Waals surface area contributed by atoms with Gasteiger partial charge in [-0.2, -0.15) is 0 Å². The third-order valence-electron chi connectivity index (χ3n) is 1.54. The number of halogens is 1. The van der Waals surface area contributed by atoms with E-state index < -0.39 is 0 Å². The van der Waals surface area contributed by atoms with Crippen molar-refractivity contribution in [3.05, 3.63) is 34.3 Å². The summed E-state index contributed by atoms with van der Waals surface area (Å²) in [7, 11) is 0. The molecule has 0 bridgehead atoms. The molecule has 0 fully saturated rings. The van der Waals surface area contributed by atoms with Crippen LogP contribution in [0.15, 0.2) is 23.1 Å². The molecule has 0 aliphatic carbocycles. The Morgan fingerprint density at radius 1 is 1.62 bits per heavy atom. The van der Waals surface area contributed by atoms with E-state index in [0.29, 0.717) is 5.88 Å². The maximum absolute atomic E-state index is 10.9. The van der Waals surface area contributed by atoms with E-state index in [0.717, 1.165) is 12.0 Å². The highest BCUT2D eigenvalue weighted by Crippen LogP contribution is 2.02. The molecule has 0 saturated carbocycles. The molecule has 0 atom stereocenters. The molecule has 3 N–H and O–H groups in total. The molecule has 0 aromatic carbocycles. The van der Waals surface area contributed by atoms with Gasteiger partial charge in [0.25, 0.3) is 5.56 Å². The summed E-state index contributed by atoms with van der Waals surface area (Å²) in [4.78, 5) is 13.4. The van der Waals surface area contributed by atoms with E-state index in [1.54, 1.807) is 12.3 Å². The lowest BCUT2D eigenvalue weighted by molar-refractivity contribution is 1.22. The minimum absolute atomic E-state index is 0.230. The predicted molar refractivity (Wildman–Crippen MR) is 55.8 cm³/mol. The molecule has 0 amide bonds. The molecule has 0 spiro atoms. The number of rotatable bonds is 3. The first-order chi connectivity index (χ1) is 6.24. The van der Waals surface area contributed by atoms with Crippen molar-refractivity contribution in [2.45, 2.75) is 6.42 Å². The van der Waals surface area contributed by atoms with Crippen LogP contribution < -0.4 is 11.3 Å². The number of aromatic amines is 1. The summed E-state index contributed by atoms with van der Waals surface area (Å²) in [5.74, 6) is 0.593. The van der Waals surface area contributed by atoms with E-state index in [9.17, 15) is 4.79 Å². The number of nitrogen functional groups attached to an aromatic ring is 1. The smallest absolute Gasteiger partial charge is 0.271 e. The zero-order valence-corrected chi connectivity index (χ0v) is 7.84. The Morgan fingerprint density at radius 2 is 2.38 bits per heavy atom. The van der Waals surface area contributed by atoms with Gasteiger partial charge < -0.3 is 10.7 Å². The van der Waals surface area contributed by atoms with Crippen LogP contribution in [0.4, 0.5) is 5.69 Å². The Hall–Kier alpha value is -1.22. The number of aromatic nitrogens is 1. The lowest BCUT2D eigenvalue weighted by Crippen LogP contribution is -2.10. The summed E-state index contributed by atoms with van der Waals surface area (Å²) < 4.78 is 0. The number of nitrogens with one attached hydrogen (secondary N) is 1. The van der Waals surface area contributed by atoms with Crippen LogP contribution in [-0.2, 0) is 0 Å². The van der Waals surface area contributed by atoms with Crippen molar-refractivity contribution < 1.29 is 0 Å². The Bertz CT molecular complexity index is 357. The van der Waals surface area contributed by atoms with Crippen LogP contribution >= 0.6 is 11.6 Å². The summed E-state index contributed by atoms with van der Waals surface area (Å²) >= 11 is 5.49. The van der Waals surface area contributed by atoms with Gasteiger partial charge in [0.2, 0.25) is 0 Å². The fraction of sp³-hybridized carbons (Fsp3) is 0.222. The number of pyridine rings is 1. The summed E-state index contributed by atoms with van der Waals surface area (Å²) in [6.07, 6.45) is 6.22. The first-order valence-corrected chi connectivity index (χ1v) is 4.48. The van der Waals surface area contributed by atoms with E-state index in [1.165, 1.54) is 0 Å². The normalized spacial score (nSPS) is 10.8. The van der Waals surface area contributed by atoms with Gasteiger partial charge in [-0.15, -0.1) is 11.6 Å². The fourth-order valence-electron chi connectivity index (χ4n) is 0.898. The molecule has 1 aromatic heterocycles. The Kier molecular flexibility index (Phi) is 3.58. The highest BCUT2D eigenvalue weighted by molar-refractivity contribution is 6.17. The van der Waals surface area contributed by atoms with Crippen LogP contribution in [0.2, 0.25) is 0 Å². The molecule has 70 valence electrons. The van der Waals surface area contributed by atoms with Crippen molar-refractivity contribution >= 4 is 23.4 Å². The van der Waals surface area contributed by atoms with Gasteiger partial charge in [-0.3, -0.25) is 4.79 Å². The first-order valence-electron chi connectivity index (χ1n) is 3.95. The molecule has 1 heterocycles. The molecule has 0 radical (unpaired) electrons. The van der Waals surface area contributed by atoms with Gasteiger partial charge in [-0.25, -0.2) is 0 Å². The van der Waals surface area contributed by atoms with Gasteiger partial charge in [0.05, 0.1) is 5.69 Å². The van der Waals surface area contributed by atoms with Crippen LogP contribution in [0.3, 0.4) is 0 Å². The minimum Gasteiger partial charge on any atom is -0.394 e. The third kappa shape index (κ3) is 2.95. The third-order valence-corrected chi connectivity index (χ3v) is 1.76. The number of nitrogens with two attached hydrogens (primary N) is 1. The maximum Gasteiger partial charge on any atom is 0.271 e. The largest absolute Gasteiger partial charge is 0.394 e. The minimum atomic E-state index is -0.255. The second-order valence-corrected chi connectivity index (χ2v) is 2.98. The molecule has 1 aromatic rings. The second-order valence-electron chi connectivity index (χ2n) is 2.60. The van der Waals surface area contributed by atoms with Crippen molar-refractivity contribution in [1.29, 1.82) is 0 Å². The zero-order valence-electron chi connectivity index (χ0n) is 7.09. The molecule has 1 rings (SSSR count). The maximum atomic E-state index is 10.9. The standard InChI is InChI=1S/C9H11ClN2O/c10-4-2-1-3-7-5-8(11)9(13)12-6-7/h1,3,5-6H,2,4,11H2,(H,12,13). The quantitative estimate of drug-likeness (QED) is 0.725. The van der Waals surface area contributed by atoms with Crippen molar-refractivity contribution in [2.75, 3.05) is 11.6 Å². The monoisotopic (exact) mass is 198 g/mol. The van der Waals surface area contributed by atoms with Crippen molar-refractivity contribution in [1.82, 2.24) is 4.98 Å². The average molecular weight is 199 g/mol. The van der Waals surface area contributed by atoms with Crippen molar-refractivity contribution in [3.8, 4) is 0 Å². The van der Waals surface area contributed by atoms with Gasteiger partial charge in [0, 0.05) is 12.1 Å². The van der Waals surface area contributed by atoms with E-state index in [2.05, 4.69) is 4.98 Å². The summed E-state index contributed by atoms with van der Waals surface area (Å²) in [5.41, 5.74) is 6.27. The molecule has 0 aliphatic rings. The lowest BCUT2D eigenvalue weighted by Gasteiger charge is -1.94. The van der Waals surface area contributed by atoms with Crippen LogP contribution in [0.1, 0.15) is 12.0 Å². The van der Waals surface area contributed by atoms with Gasteiger partial charge in [0.15, 0.2) is 0 Å². The molecule has 4 heteroatoms. The van der Waals surface area contributed by atoms with Gasteiger partial charge in [-0.05, 0) is 18.1 Å². The van der Waals surface area contributed by atoms with Crippen LogP contribution in [-0.4, -0.2) is 10.9 Å². The molecule has 0 saturated heterocycles. The molecule has 13 heavy (non-hydrogen) atoms. The van der Waals surface area contributed by atoms with Gasteiger partial charge in [-0.1, -0.05) is 12.2 Å². The molecular weight excluding hydrogens is 188 g/mol. The number of hydrogen-bond donors (Lipinski definition) is 2. The Balaban J connectivity index is 2.79. The van der Waals surface area contributed by atoms with Gasteiger partial charge >= 0.3 is 0 Å². The molecule has 0 aliphatic heterocycles. The Morgan fingerprint density at radius 3 is 3.00 bits per heavy atom. The van der Waals surface area contributed by atoms with Crippen LogP contribution in [0.5, 0.6) is 0 Å². The highest BCUT2D eigenvalue weighted by atomic mass is 35.5. The van der Waals surface area contributed by atoms with E-state index in [1.807, 2.05) is 12.2 Å². The summed E-state index contributed by atoms with van der Waals surface area (Å²) in [6, 6.07) is 1.63. The van der Waals surface area contributed by atoms with E-state index in [4.69, 9.17) is 17.3 Å². The van der Waals surface area contributed by atoms with E-state index >= 15 is 0 Å². The average Bonchev–Trinajstić information content (AvgIpc) is 2.12. The molecular formula is C9H11ClN2O. The van der Waals surface area contributed by atoms with Crippen LogP contribution in [0.25, 0.3) is 6.08 Å². The molecule has 0 unspecified atom stereocenters. The summed E-state index contributed by atoms with van der Waals surface area (Å²) in [5, 5.41) is 0. The number of allylic oxidation sites excluding steroid dienone is 1. The van der Waals surface area contributed by atoms with Gasteiger partial charge in [0.1, 0.15) is 0 Å². The fourth-order valence-corrected chi connectivity index (χ4v) is 1.02. The Labute approximate surface area is 81.2 Å². The van der Waals surface area contributed by atoms with E-state index in [-0.39, 0.29) is 11.2 Å². The summed E-state index contributed by atoms with van der Waals surface area (Å²) in [6.45, 7) is 0. The molecule has 3 nitrogen and oxygen atoms in total. The highest BCUT2D eigenvalue weighted by Gasteiger charge is 1.92. The number of hydrogen-bond acceptors (Lipinski definition) is 2. The number of H-pyrrole nitrogens is 1. The second kappa shape index (κ2) is 4.72. The lowest BCUT2D eigenvalue weighted by atomic mass is 10.2. The predicted octanol–water partition coefficient (Wildman–Crippen LogP) is 1.60. The van der Waals surface area contributed by atoms with Crippen LogP contribution in [0, 0.1) is 0 Å². The first kappa shape index (κ1) is 9.86. The van der Waals surface area contributed by atoms with Crippen molar-refractivity contribution in [3.63, 3.8) is 0 Å². The topological polar surface area (TPSA) is 58.9 Å². The van der Waals surface area contributed by atoms with Crippen molar-refractivity contribution in [2.24, 2.45) is 0 Å². The SMILES string of the molecule is Nc1cc(C=CCCCl)c[nH]c1=O. The number of alkyl halides is 1. The number of anilines is 1. The zero-order chi connectivity index (χ0) is 9.68.